The second-order valence-corrected chi connectivity index (χ2v) is 5.12. The van der Waals surface area contributed by atoms with Crippen molar-refractivity contribution in [2.75, 3.05) is 7.11 Å². The summed E-state index contributed by atoms with van der Waals surface area (Å²) in [4.78, 5) is 25.1. The summed E-state index contributed by atoms with van der Waals surface area (Å²) in [5.41, 5.74) is -0.625. The third kappa shape index (κ3) is 1.73. The van der Waals surface area contributed by atoms with Crippen molar-refractivity contribution in [3.63, 3.8) is 0 Å². The average Bonchev–Trinajstić information content (AvgIpc) is 2.70. The predicted molar refractivity (Wildman–Crippen MR) is 76.7 cm³/mol. The van der Waals surface area contributed by atoms with Gasteiger partial charge in [-0.15, -0.1) is 0 Å². The van der Waals surface area contributed by atoms with Crippen LogP contribution in [0, 0.1) is 6.92 Å². The van der Waals surface area contributed by atoms with Gasteiger partial charge in [-0.3, -0.25) is 9.59 Å². The van der Waals surface area contributed by atoms with Gasteiger partial charge in [0.1, 0.15) is 5.75 Å². The molecular formula is C17H14O4. The van der Waals surface area contributed by atoms with Crippen LogP contribution in [-0.2, 0) is 5.60 Å². The molecule has 0 aromatic heterocycles. The van der Waals surface area contributed by atoms with E-state index >= 15 is 0 Å². The molecule has 2 aromatic rings. The highest BCUT2D eigenvalue weighted by Gasteiger charge is 2.54. The number of ketones is 2. The van der Waals surface area contributed by atoms with E-state index in [1.807, 2.05) is 6.92 Å². The molecule has 106 valence electrons. The summed E-state index contributed by atoms with van der Waals surface area (Å²) in [5, 5.41) is 10.8. The normalized spacial score (nSPS) is 16.0. The van der Waals surface area contributed by atoms with E-state index < -0.39 is 17.2 Å². The number of rotatable bonds is 2. The lowest BCUT2D eigenvalue weighted by molar-refractivity contribution is 0.0312. The number of aryl methyl sites for hydroxylation is 1. The first-order valence-corrected chi connectivity index (χ1v) is 6.56. The quantitative estimate of drug-likeness (QED) is 0.858. The van der Waals surface area contributed by atoms with Crippen molar-refractivity contribution in [2.24, 2.45) is 0 Å². The molecule has 1 aliphatic rings. The summed E-state index contributed by atoms with van der Waals surface area (Å²) >= 11 is 0. The van der Waals surface area contributed by atoms with Crippen LogP contribution in [-0.4, -0.2) is 23.8 Å². The van der Waals surface area contributed by atoms with Crippen molar-refractivity contribution in [1.82, 2.24) is 0 Å². The van der Waals surface area contributed by atoms with Gasteiger partial charge in [-0.1, -0.05) is 36.4 Å². The summed E-state index contributed by atoms with van der Waals surface area (Å²) < 4.78 is 5.23. The number of ether oxygens (including phenoxy) is 1. The van der Waals surface area contributed by atoms with Crippen LogP contribution in [0.2, 0.25) is 0 Å². The molecule has 0 saturated heterocycles. The topological polar surface area (TPSA) is 63.6 Å². The number of hydrogen-bond donors (Lipinski definition) is 1. The number of fused-ring (bicyclic) bond motifs is 1. The summed E-state index contributed by atoms with van der Waals surface area (Å²) in [6.45, 7) is 1.86. The van der Waals surface area contributed by atoms with Gasteiger partial charge in [0, 0.05) is 16.7 Å². The average molecular weight is 282 g/mol. The molecule has 0 spiro atoms. The van der Waals surface area contributed by atoms with Crippen molar-refractivity contribution in [1.29, 1.82) is 0 Å². The van der Waals surface area contributed by atoms with Crippen LogP contribution >= 0.6 is 0 Å². The molecule has 0 amide bonds. The minimum atomic E-state index is -2.21. The fourth-order valence-electron chi connectivity index (χ4n) is 2.71. The molecule has 0 unspecified atom stereocenters. The number of Topliss-reactive ketones (excluding diaryl/α,β-unsaturated/α-hetero) is 2. The molecule has 0 radical (unpaired) electrons. The van der Waals surface area contributed by atoms with Crippen LogP contribution in [0.4, 0.5) is 0 Å². The van der Waals surface area contributed by atoms with E-state index in [2.05, 4.69) is 0 Å². The zero-order valence-corrected chi connectivity index (χ0v) is 11.7. The molecule has 21 heavy (non-hydrogen) atoms. The Labute approximate surface area is 122 Å². The number of benzene rings is 2. The SMILES string of the molecule is COc1cc(C)ccc1C1(O)C(=O)c2ccccc2C1=O. The highest BCUT2D eigenvalue weighted by atomic mass is 16.5. The first-order valence-electron chi connectivity index (χ1n) is 6.56. The lowest BCUT2D eigenvalue weighted by Crippen LogP contribution is -2.38. The van der Waals surface area contributed by atoms with E-state index in [9.17, 15) is 14.7 Å². The number of methoxy groups -OCH3 is 1. The molecule has 3 rings (SSSR count). The second-order valence-electron chi connectivity index (χ2n) is 5.12. The summed E-state index contributed by atoms with van der Waals surface area (Å²) in [6, 6.07) is 11.4. The van der Waals surface area contributed by atoms with Crippen molar-refractivity contribution in [3.8, 4) is 5.75 Å². The summed E-state index contributed by atoms with van der Waals surface area (Å²) in [6.07, 6.45) is 0. The minimum Gasteiger partial charge on any atom is -0.496 e. The number of aliphatic hydroxyl groups is 1. The molecule has 1 aliphatic carbocycles. The lowest BCUT2D eigenvalue weighted by Gasteiger charge is -2.22. The van der Waals surface area contributed by atoms with Gasteiger partial charge in [-0.2, -0.15) is 0 Å². The van der Waals surface area contributed by atoms with Gasteiger partial charge in [0.15, 0.2) is 0 Å². The monoisotopic (exact) mass is 282 g/mol. The Kier molecular flexibility index (Phi) is 2.92. The Hall–Kier alpha value is -2.46. The fraction of sp³-hybridized carbons (Fsp3) is 0.176. The maximum absolute atomic E-state index is 12.6. The zero-order valence-electron chi connectivity index (χ0n) is 11.7. The lowest BCUT2D eigenvalue weighted by atomic mass is 9.87. The minimum absolute atomic E-state index is 0.182. The third-order valence-electron chi connectivity index (χ3n) is 3.82. The van der Waals surface area contributed by atoms with Crippen molar-refractivity contribution in [2.45, 2.75) is 12.5 Å². The molecule has 0 aliphatic heterocycles. The van der Waals surface area contributed by atoms with Crippen LogP contribution in [0.5, 0.6) is 5.75 Å². The standard InChI is InChI=1S/C17H14O4/c1-10-7-8-13(14(9-10)21-2)17(20)15(18)11-5-3-4-6-12(11)16(17)19/h3-9,20H,1-2H3. The number of carbonyl (C=O) groups excluding carboxylic acids is 2. The van der Waals surface area contributed by atoms with Crippen LogP contribution < -0.4 is 4.74 Å². The Balaban J connectivity index is 2.24. The van der Waals surface area contributed by atoms with Gasteiger partial charge >= 0.3 is 0 Å². The van der Waals surface area contributed by atoms with Gasteiger partial charge in [0.2, 0.25) is 17.2 Å². The highest BCUT2D eigenvalue weighted by Crippen LogP contribution is 2.41. The van der Waals surface area contributed by atoms with Crippen molar-refractivity contribution < 1.29 is 19.4 Å². The van der Waals surface area contributed by atoms with E-state index in [4.69, 9.17) is 4.74 Å². The molecular weight excluding hydrogens is 268 g/mol. The molecule has 4 heteroatoms. The van der Waals surface area contributed by atoms with Gasteiger partial charge in [0.05, 0.1) is 7.11 Å². The second kappa shape index (κ2) is 4.53. The van der Waals surface area contributed by atoms with Gasteiger partial charge in [-0.05, 0) is 18.6 Å². The molecule has 0 atom stereocenters. The maximum Gasteiger partial charge on any atom is 0.220 e. The Bertz CT molecular complexity index is 726. The molecule has 0 heterocycles. The first kappa shape index (κ1) is 13.5. The van der Waals surface area contributed by atoms with E-state index in [0.717, 1.165) is 5.56 Å². The molecule has 1 N–H and O–H groups in total. The Morgan fingerprint density at radius 2 is 1.57 bits per heavy atom. The number of hydrogen-bond acceptors (Lipinski definition) is 4. The van der Waals surface area contributed by atoms with Crippen molar-refractivity contribution >= 4 is 11.6 Å². The van der Waals surface area contributed by atoms with Gasteiger partial charge in [0.25, 0.3) is 0 Å². The van der Waals surface area contributed by atoms with Crippen LogP contribution in [0.1, 0.15) is 31.8 Å². The summed E-state index contributed by atoms with van der Waals surface area (Å²) in [5.74, 6) is -0.887. The van der Waals surface area contributed by atoms with E-state index in [0.29, 0.717) is 5.75 Å². The van der Waals surface area contributed by atoms with Gasteiger partial charge < -0.3 is 9.84 Å². The molecule has 0 fully saturated rings. The van der Waals surface area contributed by atoms with Crippen LogP contribution in [0.15, 0.2) is 42.5 Å². The molecule has 0 saturated carbocycles. The number of carbonyl (C=O) groups is 2. The Morgan fingerprint density at radius 1 is 1.00 bits per heavy atom. The van der Waals surface area contributed by atoms with Crippen LogP contribution in [0.25, 0.3) is 0 Å². The van der Waals surface area contributed by atoms with E-state index in [1.54, 1.807) is 42.5 Å². The largest absolute Gasteiger partial charge is 0.496 e. The predicted octanol–water partition coefficient (Wildman–Crippen LogP) is 2.27. The molecule has 0 bridgehead atoms. The van der Waals surface area contributed by atoms with Crippen LogP contribution in [0.3, 0.4) is 0 Å². The maximum atomic E-state index is 12.6. The van der Waals surface area contributed by atoms with E-state index in [1.165, 1.54) is 7.11 Å². The summed E-state index contributed by atoms with van der Waals surface area (Å²) in [7, 11) is 1.44. The zero-order chi connectivity index (χ0) is 15.2. The third-order valence-corrected chi connectivity index (χ3v) is 3.82. The fourth-order valence-corrected chi connectivity index (χ4v) is 2.71. The first-order chi connectivity index (χ1) is 10.00. The van der Waals surface area contributed by atoms with Gasteiger partial charge in [-0.25, -0.2) is 0 Å². The molecule has 2 aromatic carbocycles. The molecule has 4 nitrogen and oxygen atoms in total. The highest BCUT2D eigenvalue weighted by molar-refractivity contribution is 6.32. The Morgan fingerprint density at radius 3 is 2.10 bits per heavy atom. The smallest absolute Gasteiger partial charge is 0.220 e. The van der Waals surface area contributed by atoms with Crippen molar-refractivity contribution in [3.05, 3.63) is 64.7 Å². The van der Waals surface area contributed by atoms with E-state index in [-0.39, 0.29) is 16.7 Å².